The molecule has 122 valence electrons. The predicted molar refractivity (Wildman–Crippen MR) is 88.2 cm³/mol. The van der Waals surface area contributed by atoms with Crippen LogP contribution in [0.2, 0.25) is 0 Å². The van der Waals surface area contributed by atoms with Gasteiger partial charge in [-0.1, -0.05) is 26.2 Å². The lowest BCUT2D eigenvalue weighted by Crippen LogP contribution is -2.25. The van der Waals surface area contributed by atoms with Crippen molar-refractivity contribution in [3.63, 3.8) is 0 Å². The Morgan fingerprint density at radius 2 is 1.68 bits per heavy atom. The Labute approximate surface area is 134 Å². The molecule has 1 aromatic rings. The smallest absolute Gasteiger partial charge is 0.314 e. The van der Waals surface area contributed by atoms with Crippen molar-refractivity contribution >= 4 is 5.97 Å². The molecule has 3 heteroatoms. The van der Waals surface area contributed by atoms with E-state index < -0.39 is 0 Å². The van der Waals surface area contributed by atoms with Crippen molar-refractivity contribution < 1.29 is 14.3 Å². The highest BCUT2D eigenvalue weighted by atomic mass is 16.5. The number of carbonyl (C=O) groups is 1. The largest absolute Gasteiger partial charge is 0.494 e. The fraction of sp³-hybridized carbons (Fsp3) is 0.632. The molecule has 0 atom stereocenters. The first-order valence-electron chi connectivity index (χ1n) is 8.67. The minimum Gasteiger partial charge on any atom is -0.494 e. The summed E-state index contributed by atoms with van der Waals surface area (Å²) in [6.07, 6.45) is 8.18. The van der Waals surface area contributed by atoms with E-state index in [1.54, 1.807) is 12.1 Å². The number of rotatable bonds is 7. The van der Waals surface area contributed by atoms with Gasteiger partial charge in [0, 0.05) is 0 Å². The maximum Gasteiger partial charge on any atom is 0.314 e. The quantitative estimate of drug-likeness (QED) is 0.526. The van der Waals surface area contributed by atoms with Gasteiger partial charge in [0.25, 0.3) is 0 Å². The Hall–Kier alpha value is -1.51. The lowest BCUT2D eigenvalue weighted by atomic mass is 9.80. The third-order valence-corrected chi connectivity index (χ3v) is 4.50. The van der Waals surface area contributed by atoms with E-state index in [-0.39, 0.29) is 11.9 Å². The molecule has 0 amide bonds. The van der Waals surface area contributed by atoms with Crippen LogP contribution in [0.1, 0.15) is 58.8 Å². The second-order valence-electron chi connectivity index (χ2n) is 6.19. The maximum absolute atomic E-state index is 12.2. The van der Waals surface area contributed by atoms with Gasteiger partial charge in [-0.25, -0.2) is 0 Å². The zero-order chi connectivity index (χ0) is 15.8. The number of esters is 1. The van der Waals surface area contributed by atoms with E-state index in [0.717, 1.165) is 24.5 Å². The van der Waals surface area contributed by atoms with E-state index >= 15 is 0 Å². The SMILES string of the molecule is CCCCC1CCC(C(=O)Oc2ccc(OCC)cc2)CC1. The van der Waals surface area contributed by atoms with Crippen molar-refractivity contribution in [2.24, 2.45) is 11.8 Å². The molecule has 0 N–H and O–H groups in total. The maximum atomic E-state index is 12.2. The van der Waals surface area contributed by atoms with Crippen molar-refractivity contribution in [3.8, 4) is 11.5 Å². The van der Waals surface area contributed by atoms with Crippen LogP contribution >= 0.6 is 0 Å². The number of carbonyl (C=O) groups excluding carboxylic acids is 1. The molecule has 0 unspecified atom stereocenters. The highest BCUT2D eigenvalue weighted by Gasteiger charge is 2.27. The summed E-state index contributed by atoms with van der Waals surface area (Å²) < 4.78 is 10.9. The van der Waals surface area contributed by atoms with E-state index in [1.807, 2.05) is 19.1 Å². The van der Waals surface area contributed by atoms with Gasteiger partial charge in [0.15, 0.2) is 0 Å². The first-order chi connectivity index (χ1) is 10.7. The first kappa shape index (κ1) is 16.9. The Bertz CT molecular complexity index is 444. The number of unbranched alkanes of at least 4 members (excludes halogenated alkanes) is 1. The van der Waals surface area contributed by atoms with Crippen LogP contribution in [0.5, 0.6) is 11.5 Å². The van der Waals surface area contributed by atoms with Crippen molar-refractivity contribution in [2.75, 3.05) is 6.61 Å². The van der Waals surface area contributed by atoms with E-state index in [1.165, 1.54) is 32.1 Å². The topological polar surface area (TPSA) is 35.5 Å². The molecule has 1 fully saturated rings. The van der Waals surface area contributed by atoms with Crippen LogP contribution < -0.4 is 9.47 Å². The third-order valence-electron chi connectivity index (χ3n) is 4.50. The molecule has 0 radical (unpaired) electrons. The van der Waals surface area contributed by atoms with Crippen LogP contribution in [0.4, 0.5) is 0 Å². The van der Waals surface area contributed by atoms with Gasteiger partial charge in [0.1, 0.15) is 11.5 Å². The average Bonchev–Trinajstić information content (AvgIpc) is 2.55. The second-order valence-corrected chi connectivity index (χ2v) is 6.19. The summed E-state index contributed by atoms with van der Waals surface area (Å²) in [6, 6.07) is 7.28. The molecular formula is C19H28O3. The van der Waals surface area contributed by atoms with E-state index in [2.05, 4.69) is 6.92 Å². The van der Waals surface area contributed by atoms with Gasteiger partial charge in [0.2, 0.25) is 0 Å². The molecule has 0 aliphatic heterocycles. The Morgan fingerprint density at radius 3 is 2.27 bits per heavy atom. The molecule has 1 aliphatic carbocycles. The second kappa shape index (κ2) is 8.82. The van der Waals surface area contributed by atoms with Crippen molar-refractivity contribution in [2.45, 2.75) is 58.8 Å². The van der Waals surface area contributed by atoms with Crippen LogP contribution in [-0.4, -0.2) is 12.6 Å². The van der Waals surface area contributed by atoms with E-state index in [0.29, 0.717) is 12.4 Å². The van der Waals surface area contributed by atoms with Gasteiger partial charge in [0.05, 0.1) is 12.5 Å². The number of hydrogen-bond acceptors (Lipinski definition) is 3. The normalized spacial score (nSPS) is 21.4. The van der Waals surface area contributed by atoms with Crippen molar-refractivity contribution in [1.29, 1.82) is 0 Å². The van der Waals surface area contributed by atoms with Gasteiger partial charge >= 0.3 is 5.97 Å². The first-order valence-corrected chi connectivity index (χ1v) is 8.67. The van der Waals surface area contributed by atoms with Gasteiger partial charge in [-0.2, -0.15) is 0 Å². The fourth-order valence-corrected chi connectivity index (χ4v) is 3.15. The van der Waals surface area contributed by atoms with Crippen LogP contribution in [0, 0.1) is 11.8 Å². The summed E-state index contributed by atoms with van der Waals surface area (Å²) in [5.74, 6) is 2.23. The number of ether oxygens (including phenoxy) is 2. The van der Waals surface area contributed by atoms with Crippen LogP contribution in [-0.2, 0) is 4.79 Å². The average molecular weight is 304 g/mol. The summed E-state index contributed by atoms with van der Waals surface area (Å²) in [7, 11) is 0. The minimum absolute atomic E-state index is 0.0712. The summed E-state index contributed by atoms with van der Waals surface area (Å²) in [5.41, 5.74) is 0. The molecule has 1 aliphatic rings. The standard InChI is InChI=1S/C19H28O3/c1-3-5-6-15-7-9-16(10-8-15)19(20)22-18-13-11-17(12-14-18)21-4-2/h11-16H,3-10H2,1-2H3. The lowest BCUT2D eigenvalue weighted by molar-refractivity contribution is -0.140. The van der Waals surface area contributed by atoms with Crippen molar-refractivity contribution in [3.05, 3.63) is 24.3 Å². The van der Waals surface area contributed by atoms with Crippen LogP contribution in [0.25, 0.3) is 0 Å². The van der Waals surface area contributed by atoms with E-state index in [4.69, 9.17) is 9.47 Å². The lowest BCUT2D eigenvalue weighted by Gasteiger charge is -2.27. The Balaban J connectivity index is 1.78. The predicted octanol–water partition coefficient (Wildman–Crippen LogP) is 4.99. The zero-order valence-corrected chi connectivity index (χ0v) is 13.8. The molecule has 0 heterocycles. The third kappa shape index (κ3) is 5.04. The summed E-state index contributed by atoms with van der Waals surface area (Å²) >= 11 is 0. The summed E-state index contributed by atoms with van der Waals surface area (Å²) in [5, 5.41) is 0. The van der Waals surface area contributed by atoms with Gasteiger partial charge in [-0.15, -0.1) is 0 Å². The molecule has 2 rings (SSSR count). The van der Waals surface area contributed by atoms with Gasteiger partial charge in [-0.3, -0.25) is 4.79 Å². The van der Waals surface area contributed by atoms with Gasteiger partial charge in [-0.05, 0) is 62.8 Å². The summed E-state index contributed by atoms with van der Waals surface area (Å²) in [6.45, 7) is 4.82. The minimum atomic E-state index is -0.0712. The zero-order valence-electron chi connectivity index (χ0n) is 13.8. The number of benzene rings is 1. The van der Waals surface area contributed by atoms with Crippen molar-refractivity contribution in [1.82, 2.24) is 0 Å². The van der Waals surface area contributed by atoms with Crippen LogP contribution in [0.15, 0.2) is 24.3 Å². The van der Waals surface area contributed by atoms with Crippen LogP contribution in [0.3, 0.4) is 0 Å². The summed E-state index contributed by atoms with van der Waals surface area (Å²) in [4.78, 5) is 12.2. The molecule has 0 saturated heterocycles. The van der Waals surface area contributed by atoms with E-state index in [9.17, 15) is 4.79 Å². The molecule has 3 nitrogen and oxygen atoms in total. The molecule has 1 aromatic carbocycles. The molecule has 22 heavy (non-hydrogen) atoms. The molecule has 0 aromatic heterocycles. The molecule has 0 spiro atoms. The molecule has 0 bridgehead atoms. The highest BCUT2D eigenvalue weighted by Crippen LogP contribution is 2.33. The highest BCUT2D eigenvalue weighted by molar-refractivity contribution is 5.75. The Morgan fingerprint density at radius 1 is 1.05 bits per heavy atom. The number of hydrogen-bond donors (Lipinski definition) is 0. The Kier molecular flexibility index (Phi) is 6.75. The fourth-order valence-electron chi connectivity index (χ4n) is 3.15. The van der Waals surface area contributed by atoms with Gasteiger partial charge < -0.3 is 9.47 Å². The monoisotopic (exact) mass is 304 g/mol. The molecular weight excluding hydrogens is 276 g/mol. The molecule has 1 saturated carbocycles.